The molecule has 106 valence electrons. The van der Waals surface area contributed by atoms with Crippen LogP contribution in [0.2, 0.25) is 0 Å². The monoisotopic (exact) mass is 443 g/mol. The molecule has 2 aromatic rings. The van der Waals surface area contributed by atoms with Gasteiger partial charge in [-0.05, 0) is 71.8 Å². The molecule has 0 aliphatic heterocycles. The maximum absolute atomic E-state index is 3.68. The van der Waals surface area contributed by atoms with Crippen LogP contribution >= 0.6 is 38.5 Å². The van der Waals surface area contributed by atoms with E-state index in [0.29, 0.717) is 6.04 Å². The molecule has 3 heteroatoms. The Balaban J connectivity index is 2.26. The Bertz CT molecular complexity index is 566. The molecule has 1 N–H and O–H groups in total. The van der Waals surface area contributed by atoms with Crippen LogP contribution in [0.4, 0.5) is 0 Å². The van der Waals surface area contributed by atoms with Crippen molar-refractivity contribution >= 4 is 38.5 Å². The summed E-state index contributed by atoms with van der Waals surface area (Å²) in [6, 6.07) is 15.7. The summed E-state index contributed by atoms with van der Waals surface area (Å²) in [5, 5.41) is 3.60. The van der Waals surface area contributed by atoms with Crippen LogP contribution < -0.4 is 5.32 Å². The first-order valence-electron chi connectivity index (χ1n) is 6.84. The molecule has 20 heavy (non-hydrogen) atoms. The lowest BCUT2D eigenvalue weighted by atomic mass is 9.97. The van der Waals surface area contributed by atoms with Crippen LogP contribution in [-0.2, 0) is 6.42 Å². The maximum atomic E-state index is 3.68. The molecule has 0 bridgehead atoms. The molecule has 0 fully saturated rings. The molecule has 0 spiro atoms. The number of rotatable bonds is 5. The molecule has 0 saturated heterocycles. The Hall–Kier alpha value is -0.390. The lowest BCUT2D eigenvalue weighted by molar-refractivity contribution is 0.547. The van der Waals surface area contributed by atoms with E-state index in [1.807, 2.05) is 0 Å². The summed E-state index contributed by atoms with van der Waals surface area (Å²) < 4.78 is 2.46. The quantitative estimate of drug-likeness (QED) is 0.622. The van der Waals surface area contributed by atoms with E-state index in [9.17, 15) is 0 Å². The number of benzene rings is 2. The predicted octanol–water partition coefficient (Wildman–Crippen LogP) is 5.26. The Morgan fingerprint density at radius 1 is 1.15 bits per heavy atom. The standard InChI is InChI=1S/C17H19BrIN/c1-3-20-17(11-13-5-7-14(19)8-6-13)15-10-12(2)4-9-16(15)18/h4-10,17,20H,3,11H2,1-2H3. The molecule has 0 aliphatic carbocycles. The predicted molar refractivity (Wildman–Crippen MR) is 98.2 cm³/mol. The highest BCUT2D eigenvalue weighted by Gasteiger charge is 2.14. The SMILES string of the molecule is CCNC(Cc1ccc(I)cc1)c1cc(C)ccc1Br. The van der Waals surface area contributed by atoms with Crippen molar-refractivity contribution in [3.05, 3.63) is 67.2 Å². The summed E-state index contributed by atoms with van der Waals surface area (Å²) in [4.78, 5) is 0. The lowest BCUT2D eigenvalue weighted by Crippen LogP contribution is -2.23. The largest absolute Gasteiger partial charge is 0.310 e. The van der Waals surface area contributed by atoms with Crippen LogP contribution in [0.1, 0.15) is 29.7 Å². The van der Waals surface area contributed by atoms with Gasteiger partial charge in [0, 0.05) is 14.1 Å². The van der Waals surface area contributed by atoms with Gasteiger partial charge in [-0.3, -0.25) is 0 Å². The minimum Gasteiger partial charge on any atom is -0.310 e. The van der Waals surface area contributed by atoms with Gasteiger partial charge in [-0.25, -0.2) is 0 Å². The molecule has 0 radical (unpaired) electrons. The summed E-state index contributed by atoms with van der Waals surface area (Å²) >= 11 is 6.03. The topological polar surface area (TPSA) is 12.0 Å². The van der Waals surface area contributed by atoms with Crippen LogP contribution in [0.5, 0.6) is 0 Å². The average molecular weight is 444 g/mol. The van der Waals surface area contributed by atoms with Gasteiger partial charge in [0.2, 0.25) is 0 Å². The minimum absolute atomic E-state index is 0.342. The van der Waals surface area contributed by atoms with Crippen molar-refractivity contribution in [3.63, 3.8) is 0 Å². The molecule has 0 aliphatic rings. The summed E-state index contributed by atoms with van der Waals surface area (Å²) in [5.41, 5.74) is 4.00. The summed E-state index contributed by atoms with van der Waals surface area (Å²) in [7, 11) is 0. The van der Waals surface area contributed by atoms with Gasteiger partial charge in [0.1, 0.15) is 0 Å². The second kappa shape index (κ2) is 7.57. The Labute approximate surface area is 143 Å². The number of halogens is 2. The van der Waals surface area contributed by atoms with Crippen LogP contribution in [0.3, 0.4) is 0 Å². The third-order valence-corrected chi connectivity index (χ3v) is 4.77. The van der Waals surface area contributed by atoms with E-state index < -0.39 is 0 Å². The second-order valence-electron chi connectivity index (χ2n) is 4.97. The van der Waals surface area contributed by atoms with Gasteiger partial charge in [0.15, 0.2) is 0 Å². The van der Waals surface area contributed by atoms with E-state index in [1.165, 1.54) is 24.7 Å². The number of hydrogen-bond donors (Lipinski definition) is 1. The molecule has 0 saturated carbocycles. The van der Waals surface area contributed by atoms with E-state index in [1.54, 1.807) is 0 Å². The number of likely N-dealkylation sites (N-methyl/N-ethyl adjacent to an activating group) is 1. The van der Waals surface area contributed by atoms with E-state index in [-0.39, 0.29) is 0 Å². The molecular formula is C17H19BrIN. The van der Waals surface area contributed by atoms with Crippen LogP contribution in [0, 0.1) is 10.5 Å². The highest BCUT2D eigenvalue weighted by atomic mass is 127. The fraction of sp³-hybridized carbons (Fsp3) is 0.294. The van der Waals surface area contributed by atoms with Crippen molar-refractivity contribution < 1.29 is 0 Å². The van der Waals surface area contributed by atoms with Gasteiger partial charge in [0.25, 0.3) is 0 Å². The molecule has 1 unspecified atom stereocenters. The van der Waals surface area contributed by atoms with E-state index in [2.05, 4.69) is 100 Å². The van der Waals surface area contributed by atoms with Crippen LogP contribution in [0.25, 0.3) is 0 Å². The van der Waals surface area contributed by atoms with E-state index in [4.69, 9.17) is 0 Å². The van der Waals surface area contributed by atoms with E-state index >= 15 is 0 Å². The van der Waals surface area contributed by atoms with Gasteiger partial charge in [-0.2, -0.15) is 0 Å². The molecule has 0 heterocycles. The number of nitrogens with one attached hydrogen (secondary N) is 1. The first-order valence-corrected chi connectivity index (χ1v) is 8.71. The van der Waals surface area contributed by atoms with Crippen molar-refractivity contribution in [1.82, 2.24) is 5.32 Å². The highest BCUT2D eigenvalue weighted by Crippen LogP contribution is 2.27. The lowest BCUT2D eigenvalue weighted by Gasteiger charge is -2.20. The van der Waals surface area contributed by atoms with Gasteiger partial charge in [-0.15, -0.1) is 0 Å². The Morgan fingerprint density at radius 2 is 1.85 bits per heavy atom. The van der Waals surface area contributed by atoms with Crippen molar-refractivity contribution in [1.29, 1.82) is 0 Å². The average Bonchev–Trinajstić information content (AvgIpc) is 2.43. The van der Waals surface area contributed by atoms with Gasteiger partial charge in [0.05, 0.1) is 0 Å². The van der Waals surface area contributed by atoms with Crippen LogP contribution in [0.15, 0.2) is 46.9 Å². The summed E-state index contributed by atoms with van der Waals surface area (Å²) in [6.07, 6.45) is 1.01. The summed E-state index contributed by atoms with van der Waals surface area (Å²) in [5.74, 6) is 0. The van der Waals surface area contributed by atoms with Gasteiger partial charge in [-0.1, -0.05) is 52.7 Å². The molecule has 0 aromatic heterocycles. The van der Waals surface area contributed by atoms with Crippen molar-refractivity contribution in [2.75, 3.05) is 6.54 Å². The molecule has 1 atom stereocenters. The van der Waals surface area contributed by atoms with E-state index in [0.717, 1.165) is 13.0 Å². The third-order valence-electron chi connectivity index (χ3n) is 3.33. The molecule has 1 nitrogen and oxygen atoms in total. The second-order valence-corrected chi connectivity index (χ2v) is 7.07. The fourth-order valence-electron chi connectivity index (χ4n) is 2.32. The van der Waals surface area contributed by atoms with Crippen molar-refractivity contribution in [2.45, 2.75) is 26.3 Å². The van der Waals surface area contributed by atoms with Gasteiger partial charge >= 0.3 is 0 Å². The maximum Gasteiger partial charge on any atom is 0.0372 e. The molecule has 2 rings (SSSR count). The van der Waals surface area contributed by atoms with Gasteiger partial charge < -0.3 is 5.32 Å². The smallest absolute Gasteiger partial charge is 0.0372 e. The number of aryl methyl sites for hydroxylation is 1. The zero-order valence-corrected chi connectivity index (χ0v) is 15.5. The normalized spacial score (nSPS) is 12.4. The first kappa shape index (κ1) is 16.0. The molecular weight excluding hydrogens is 425 g/mol. The highest BCUT2D eigenvalue weighted by molar-refractivity contribution is 14.1. The Morgan fingerprint density at radius 3 is 2.50 bits per heavy atom. The van der Waals surface area contributed by atoms with Crippen molar-refractivity contribution in [3.8, 4) is 0 Å². The third kappa shape index (κ3) is 4.30. The fourth-order valence-corrected chi connectivity index (χ4v) is 3.21. The van der Waals surface area contributed by atoms with Crippen molar-refractivity contribution in [2.24, 2.45) is 0 Å². The number of hydrogen-bond acceptors (Lipinski definition) is 1. The van der Waals surface area contributed by atoms with Crippen LogP contribution in [-0.4, -0.2) is 6.54 Å². The summed E-state index contributed by atoms with van der Waals surface area (Å²) in [6.45, 7) is 5.27. The zero-order valence-electron chi connectivity index (χ0n) is 11.8. The minimum atomic E-state index is 0.342. The first-order chi connectivity index (χ1) is 9.60. The molecule has 0 amide bonds. The Kier molecular flexibility index (Phi) is 6.05. The molecule has 2 aromatic carbocycles. The zero-order chi connectivity index (χ0) is 14.5.